The van der Waals surface area contributed by atoms with Crippen molar-refractivity contribution in [2.24, 2.45) is 0 Å². The highest BCUT2D eigenvalue weighted by Gasteiger charge is 2.16. The predicted molar refractivity (Wildman–Crippen MR) is 84.3 cm³/mol. The van der Waals surface area contributed by atoms with Gasteiger partial charge in [-0.05, 0) is 43.7 Å². The van der Waals surface area contributed by atoms with Gasteiger partial charge in [0.2, 0.25) is 5.88 Å². The Bertz CT molecular complexity index is 643. The van der Waals surface area contributed by atoms with Crippen LogP contribution in [0.1, 0.15) is 35.8 Å². The molecule has 0 aliphatic carbocycles. The third-order valence-corrected chi connectivity index (χ3v) is 3.23. The zero-order chi connectivity index (χ0) is 15.9. The first kappa shape index (κ1) is 15.8. The number of benzene rings is 1. The van der Waals surface area contributed by atoms with Crippen LogP contribution in [0, 0.1) is 0 Å². The molecule has 0 saturated heterocycles. The van der Waals surface area contributed by atoms with Crippen LogP contribution >= 0.6 is 0 Å². The summed E-state index contributed by atoms with van der Waals surface area (Å²) in [7, 11) is 1.49. The highest BCUT2D eigenvalue weighted by Crippen LogP contribution is 2.20. The summed E-state index contributed by atoms with van der Waals surface area (Å²) in [5.74, 6) is 0.884. The first-order chi connectivity index (χ1) is 10.7. The van der Waals surface area contributed by atoms with Crippen LogP contribution in [0.15, 0.2) is 42.6 Å². The van der Waals surface area contributed by atoms with Crippen molar-refractivity contribution in [3.63, 3.8) is 0 Å². The molecular weight excluding hydrogens is 280 g/mol. The summed E-state index contributed by atoms with van der Waals surface area (Å²) in [6.45, 7) is 4.47. The number of ether oxygens (including phenoxy) is 2. The number of hydrogen-bond acceptors (Lipinski definition) is 4. The zero-order valence-electron chi connectivity index (χ0n) is 13.0. The van der Waals surface area contributed by atoms with E-state index >= 15 is 0 Å². The molecule has 0 aliphatic heterocycles. The van der Waals surface area contributed by atoms with Gasteiger partial charge >= 0.3 is 0 Å². The Hall–Kier alpha value is -2.56. The van der Waals surface area contributed by atoms with Crippen LogP contribution in [0.5, 0.6) is 11.6 Å². The van der Waals surface area contributed by atoms with Crippen molar-refractivity contribution >= 4 is 5.91 Å². The molecule has 0 radical (unpaired) electrons. The molecule has 0 bridgehead atoms. The summed E-state index contributed by atoms with van der Waals surface area (Å²) in [6, 6.07) is 10.9. The number of aromatic nitrogens is 1. The minimum Gasteiger partial charge on any atom is -0.494 e. The second-order valence-electron chi connectivity index (χ2n) is 4.76. The molecule has 1 aromatic heterocycles. The number of pyridine rings is 1. The van der Waals surface area contributed by atoms with Crippen molar-refractivity contribution in [2.75, 3.05) is 13.7 Å². The van der Waals surface area contributed by atoms with Gasteiger partial charge in [0.1, 0.15) is 11.3 Å². The molecule has 1 aromatic carbocycles. The number of rotatable bonds is 6. The van der Waals surface area contributed by atoms with Crippen LogP contribution in [-0.4, -0.2) is 24.6 Å². The lowest BCUT2D eigenvalue weighted by Gasteiger charge is -2.16. The Kier molecular flexibility index (Phi) is 5.36. The minimum absolute atomic E-state index is 0.155. The lowest BCUT2D eigenvalue weighted by atomic mass is 10.1. The number of nitrogens with zero attached hydrogens (tertiary/aromatic N) is 1. The number of amides is 1. The van der Waals surface area contributed by atoms with E-state index in [-0.39, 0.29) is 11.9 Å². The van der Waals surface area contributed by atoms with E-state index in [4.69, 9.17) is 9.47 Å². The summed E-state index contributed by atoms with van der Waals surface area (Å²) in [6.07, 6.45) is 1.59. The molecule has 2 aromatic rings. The SMILES string of the molecule is CCOc1cccc(C(C)NC(=O)c2cccnc2OC)c1. The van der Waals surface area contributed by atoms with E-state index in [1.807, 2.05) is 38.1 Å². The van der Waals surface area contributed by atoms with E-state index in [2.05, 4.69) is 10.3 Å². The number of carbonyl (C=O) groups is 1. The lowest BCUT2D eigenvalue weighted by molar-refractivity contribution is 0.0936. The monoisotopic (exact) mass is 300 g/mol. The predicted octanol–water partition coefficient (Wildman–Crippen LogP) is 2.98. The van der Waals surface area contributed by atoms with Gasteiger partial charge in [-0.2, -0.15) is 0 Å². The Morgan fingerprint density at radius 1 is 1.32 bits per heavy atom. The summed E-state index contributed by atoms with van der Waals surface area (Å²) in [4.78, 5) is 16.4. The van der Waals surface area contributed by atoms with Crippen LogP contribution in [0.25, 0.3) is 0 Å². The second-order valence-corrected chi connectivity index (χ2v) is 4.76. The van der Waals surface area contributed by atoms with Crippen molar-refractivity contribution in [1.29, 1.82) is 0 Å². The van der Waals surface area contributed by atoms with Gasteiger partial charge in [0.05, 0.1) is 19.8 Å². The molecule has 1 N–H and O–H groups in total. The van der Waals surface area contributed by atoms with Crippen LogP contribution in [0.3, 0.4) is 0 Å². The van der Waals surface area contributed by atoms with E-state index in [1.54, 1.807) is 18.3 Å². The Morgan fingerprint density at radius 2 is 2.14 bits per heavy atom. The van der Waals surface area contributed by atoms with Gasteiger partial charge in [0.25, 0.3) is 5.91 Å². The standard InChI is InChI=1S/C17H20N2O3/c1-4-22-14-8-5-7-13(11-14)12(2)19-16(20)15-9-6-10-18-17(15)21-3/h5-12H,4H2,1-3H3,(H,19,20). The van der Waals surface area contributed by atoms with Crippen molar-refractivity contribution < 1.29 is 14.3 Å². The third kappa shape index (κ3) is 3.75. The smallest absolute Gasteiger partial charge is 0.257 e. The first-order valence-electron chi connectivity index (χ1n) is 7.18. The molecule has 2 rings (SSSR count). The number of nitrogens with one attached hydrogen (secondary N) is 1. The van der Waals surface area contributed by atoms with Crippen molar-refractivity contribution in [3.8, 4) is 11.6 Å². The van der Waals surface area contributed by atoms with E-state index in [1.165, 1.54) is 7.11 Å². The highest BCUT2D eigenvalue weighted by atomic mass is 16.5. The summed E-state index contributed by atoms with van der Waals surface area (Å²) in [5.41, 5.74) is 1.39. The Morgan fingerprint density at radius 3 is 2.86 bits per heavy atom. The summed E-state index contributed by atoms with van der Waals surface area (Å²) in [5, 5.41) is 2.94. The van der Waals surface area contributed by atoms with Crippen molar-refractivity contribution in [1.82, 2.24) is 10.3 Å². The van der Waals surface area contributed by atoms with Crippen LogP contribution < -0.4 is 14.8 Å². The zero-order valence-corrected chi connectivity index (χ0v) is 13.0. The van der Waals surface area contributed by atoms with Gasteiger partial charge in [0, 0.05) is 6.20 Å². The fourth-order valence-electron chi connectivity index (χ4n) is 2.12. The molecule has 0 saturated carbocycles. The molecule has 0 spiro atoms. The van der Waals surface area contributed by atoms with Gasteiger partial charge in [-0.1, -0.05) is 12.1 Å². The molecule has 116 valence electrons. The molecule has 1 unspecified atom stereocenters. The number of carbonyl (C=O) groups excluding carboxylic acids is 1. The molecule has 1 atom stereocenters. The topological polar surface area (TPSA) is 60.5 Å². The van der Waals surface area contributed by atoms with E-state index in [9.17, 15) is 4.79 Å². The summed E-state index contributed by atoms with van der Waals surface area (Å²) >= 11 is 0. The minimum atomic E-state index is -0.223. The maximum absolute atomic E-state index is 12.4. The molecule has 1 amide bonds. The molecule has 22 heavy (non-hydrogen) atoms. The molecule has 0 aliphatic rings. The Balaban J connectivity index is 2.12. The fraction of sp³-hybridized carbons (Fsp3) is 0.294. The quantitative estimate of drug-likeness (QED) is 0.891. The van der Waals surface area contributed by atoms with E-state index in [0.29, 0.717) is 18.1 Å². The van der Waals surface area contributed by atoms with Gasteiger partial charge in [-0.3, -0.25) is 4.79 Å². The first-order valence-corrected chi connectivity index (χ1v) is 7.18. The van der Waals surface area contributed by atoms with Gasteiger partial charge in [-0.25, -0.2) is 4.98 Å². The molecule has 5 heteroatoms. The van der Waals surface area contributed by atoms with Gasteiger partial charge in [0.15, 0.2) is 0 Å². The molecular formula is C17H20N2O3. The van der Waals surface area contributed by atoms with Crippen LogP contribution in [0.2, 0.25) is 0 Å². The normalized spacial score (nSPS) is 11.6. The lowest BCUT2D eigenvalue weighted by Crippen LogP contribution is -2.27. The van der Waals surface area contributed by atoms with E-state index < -0.39 is 0 Å². The maximum atomic E-state index is 12.4. The van der Waals surface area contributed by atoms with Gasteiger partial charge in [-0.15, -0.1) is 0 Å². The maximum Gasteiger partial charge on any atom is 0.257 e. The number of hydrogen-bond donors (Lipinski definition) is 1. The Labute approximate surface area is 130 Å². The molecule has 1 heterocycles. The molecule has 5 nitrogen and oxygen atoms in total. The van der Waals surface area contributed by atoms with Crippen LogP contribution in [0.4, 0.5) is 0 Å². The third-order valence-electron chi connectivity index (χ3n) is 3.23. The van der Waals surface area contributed by atoms with Crippen LogP contribution in [-0.2, 0) is 0 Å². The molecule has 0 fully saturated rings. The van der Waals surface area contributed by atoms with Crippen molar-refractivity contribution in [2.45, 2.75) is 19.9 Å². The van der Waals surface area contributed by atoms with Gasteiger partial charge < -0.3 is 14.8 Å². The average molecular weight is 300 g/mol. The largest absolute Gasteiger partial charge is 0.494 e. The van der Waals surface area contributed by atoms with Crippen molar-refractivity contribution in [3.05, 3.63) is 53.7 Å². The highest BCUT2D eigenvalue weighted by molar-refractivity contribution is 5.96. The van der Waals surface area contributed by atoms with E-state index in [0.717, 1.165) is 11.3 Å². The fourth-order valence-corrected chi connectivity index (χ4v) is 2.12. The average Bonchev–Trinajstić information content (AvgIpc) is 2.55. The second kappa shape index (κ2) is 7.45. The number of methoxy groups -OCH3 is 1. The summed E-state index contributed by atoms with van der Waals surface area (Å²) < 4.78 is 10.6.